The summed E-state index contributed by atoms with van der Waals surface area (Å²) in [6, 6.07) is 6.92. The molecule has 4 N–H and O–H groups in total. The molecule has 0 spiro atoms. The second kappa shape index (κ2) is 11.8. The molecule has 0 aliphatic carbocycles. The minimum absolute atomic E-state index is 0. The highest BCUT2D eigenvalue weighted by atomic mass is 127. The number of hydrogen-bond acceptors (Lipinski definition) is 4. The molecule has 7 nitrogen and oxygen atoms in total. The average Bonchev–Trinajstić information content (AvgIpc) is 2.49. The van der Waals surface area contributed by atoms with Crippen LogP contribution in [0.5, 0.6) is 5.75 Å². The van der Waals surface area contributed by atoms with E-state index >= 15 is 0 Å². The normalized spacial score (nSPS) is 11.3. The van der Waals surface area contributed by atoms with Crippen molar-refractivity contribution in [3.05, 3.63) is 29.8 Å². The lowest BCUT2D eigenvalue weighted by molar-refractivity contribution is 0.0529. The Morgan fingerprint density at radius 1 is 1.12 bits per heavy atom. The number of phenols is 1. The maximum absolute atomic E-state index is 11.5. The molecule has 1 rings (SSSR count). The molecule has 8 heteroatoms. The number of carbonyl (C=O) groups is 1. The zero-order valence-corrected chi connectivity index (χ0v) is 17.6. The average molecular weight is 464 g/mol. The van der Waals surface area contributed by atoms with Crippen molar-refractivity contribution in [2.45, 2.75) is 39.8 Å². The number of aliphatic imine (C=N–C) groups is 1. The smallest absolute Gasteiger partial charge is 0.407 e. The van der Waals surface area contributed by atoms with Crippen LogP contribution in [0.2, 0.25) is 0 Å². The molecule has 0 heterocycles. The van der Waals surface area contributed by atoms with Gasteiger partial charge in [-0.25, -0.2) is 9.79 Å². The van der Waals surface area contributed by atoms with E-state index in [0.29, 0.717) is 25.6 Å². The fourth-order valence-electron chi connectivity index (χ4n) is 1.77. The number of alkyl carbamates (subject to hydrolysis) is 1. The standard InChI is InChI=1S/C17H28N4O3.HI/c1-5-18-15(21-12-13-6-8-14(22)9-7-13)19-10-11-20-16(23)24-17(2,3)4;/h6-9,22H,5,10-12H2,1-4H3,(H,20,23)(H2,18,19,21);1H. The second-order valence-electron chi connectivity index (χ2n) is 6.22. The number of nitrogens with zero attached hydrogens (tertiary/aromatic N) is 1. The number of nitrogens with one attached hydrogen (secondary N) is 3. The van der Waals surface area contributed by atoms with Gasteiger partial charge in [0.05, 0.1) is 6.54 Å². The number of aromatic hydroxyl groups is 1. The van der Waals surface area contributed by atoms with Crippen LogP contribution >= 0.6 is 24.0 Å². The van der Waals surface area contributed by atoms with Crippen molar-refractivity contribution < 1.29 is 14.6 Å². The SMILES string of the molecule is CCNC(=NCc1ccc(O)cc1)NCCNC(=O)OC(C)(C)C.I. The lowest BCUT2D eigenvalue weighted by Crippen LogP contribution is -2.42. The van der Waals surface area contributed by atoms with E-state index in [4.69, 9.17) is 4.74 Å². The molecule has 1 aromatic carbocycles. The first kappa shape index (κ1) is 23.3. The van der Waals surface area contributed by atoms with E-state index in [1.54, 1.807) is 12.1 Å². The molecular formula is C17H29IN4O3. The minimum Gasteiger partial charge on any atom is -0.508 e. The van der Waals surface area contributed by atoms with E-state index in [1.807, 2.05) is 39.8 Å². The Balaban J connectivity index is 0.00000576. The van der Waals surface area contributed by atoms with Gasteiger partial charge in [-0.05, 0) is 45.4 Å². The van der Waals surface area contributed by atoms with Crippen LogP contribution in [0.25, 0.3) is 0 Å². The van der Waals surface area contributed by atoms with Crippen LogP contribution in [0.15, 0.2) is 29.3 Å². The van der Waals surface area contributed by atoms with Crippen LogP contribution < -0.4 is 16.0 Å². The molecule has 0 aromatic heterocycles. The summed E-state index contributed by atoms with van der Waals surface area (Å²) in [5, 5.41) is 18.2. The molecule has 0 radical (unpaired) electrons. The lowest BCUT2D eigenvalue weighted by Gasteiger charge is -2.19. The first-order valence-electron chi connectivity index (χ1n) is 8.07. The van der Waals surface area contributed by atoms with Gasteiger partial charge in [-0.2, -0.15) is 0 Å². The first-order valence-corrected chi connectivity index (χ1v) is 8.07. The topological polar surface area (TPSA) is 95.0 Å². The van der Waals surface area contributed by atoms with E-state index in [1.165, 1.54) is 0 Å². The number of benzene rings is 1. The Morgan fingerprint density at radius 2 is 1.72 bits per heavy atom. The van der Waals surface area contributed by atoms with Gasteiger partial charge in [-0.15, -0.1) is 24.0 Å². The summed E-state index contributed by atoms with van der Waals surface area (Å²) in [4.78, 5) is 16.0. The maximum Gasteiger partial charge on any atom is 0.407 e. The minimum atomic E-state index is -0.502. The molecule has 0 atom stereocenters. The first-order chi connectivity index (χ1) is 11.3. The number of carbonyl (C=O) groups excluding carboxylic acids is 1. The van der Waals surface area contributed by atoms with Crippen LogP contribution in [-0.2, 0) is 11.3 Å². The number of hydrogen-bond donors (Lipinski definition) is 4. The molecule has 1 aromatic rings. The van der Waals surface area contributed by atoms with Gasteiger partial charge in [0.1, 0.15) is 11.4 Å². The molecule has 142 valence electrons. The highest BCUT2D eigenvalue weighted by Crippen LogP contribution is 2.10. The Labute approximate surface area is 166 Å². The Bertz CT molecular complexity index is 542. The third-order valence-corrected chi connectivity index (χ3v) is 2.79. The van der Waals surface area contributed by atoms with E-state index in [2.05, 4.69) is 20.9 Å². The number of amides is 1. The van der Waals surface area contributed by atoms with Gasteiger partial charge < -0.3 is 25.8 Å². The summed E-state index contributed by atoms with van der Waals surface area (Å²) in [7, 11) is 0. The van der Waals surface area contributed by atoms with Crippen molar-refractivity contribution in [3.8, 4) is 5.75 Å². The fraction of sp³-hybridized carbons (Fsp3) is 0.529. The Kier molecular flexibility index (Phi) is 11.0. The second-order valence-corrected chi connectivity index (χ2v) is 6.22. The van der Waals surface area contributed by atoms with Crippen molar-refractivity contribution in [2.24, 2.45) is 4.99 Å². The highest BCUT2D eigenvalue weighted by Gasteiger charge is 2.15. The predicted octanol–water partition coefficient (Wildman–Crippen LogP) is 2.59. The fourth-order valence-corrected chi connectivity index (χ4v) is 1.77. The van der Waals surface area contributed by atoms with E-state index in [0.717, 1.165) is 12.1 Å². The van der Waals surface area contributed by atoms with Gasteiger partial charge in [0.2, 0.25) is 0 Å². The molecule has 0 aliphatic rings. The Morgan fingerprint density at radius 3 is 2.28 bits per heavy atom. The summed E-state index contributed by atoms with van der Waals surface area (Å²) in [5.74, 6) is 0.901. The van der Waals surface area contributed by atoms with Crippen LogP contribution in [0.4, 0.5) is 4.79 Å². The molecule has 0 bridgehead atoms. The van der Waals surface area contributed by atoms with Crippen molar-refractivity contribution in [1.29, 1.82) is 0 Å². The number of halogens is 1. The van der Waals surface area contributed by atoms with Crippen molar-refractivity contribution in [1.82, 2.24) is 16.0 Å². The van der Waals surface area contributed by atoms with E-state index in [9.17, 15) is 9.90 Å². The van der Waals surface area contributed by atoms with E-state index in [-0.39, 0.29) is 29.7 Å². The van der Waals surface area contributed by atoms with E-state index < -0.39 is 11.7 Å². The molecule has 25 heavy (non-hydrogen) atoms. The summed E-state index contributed by atoms with van der Waals surface area (Å²) in [6.45, 7) is 9.64. The zero-order valence-electron chi connectivity index (χ0n) is 15.3. The highest BCUT2D eigenvalue weighted by molar-refractivity contribution is 14.0. The number of phenolic OH excluding ortho intramolecular Hbond substituents is 1. The maximum atomic E-state index is 11.5. The Hall–Kier alpha value is -1.71. The summed E-state index contributed by atoms with van der Waals surface area (Å²) >= 11 is 0. The number of ether oxygens (including phenoxy) is 1. The van der Waals surface area contributed by atoms with Gasteiger partial charge in [0.25, 0.3) is 0 Å². The zero-order chi connectivity index (χ0) is 18.0. The molecule has 0 fully saturated rings. The summed E-state index contributed by atoms with van der Waals surface area (Å²) in [5.41, 5.74) is 0.495. The summed E-state index contributed by atoms with van der Waals surface area (Å²) in [6.07, 6.45) is -0.435. The number of rotatable bonds is 6. The molecular weight excluding hydrogens is 435 g/mol. The third-order valence-electron chi connectivity index (χ3n) is 2.79. The summed E-state index contributed by atoms with van der Waals surface area (Å²) < 4.78 is 5.16. The van der Waals surface area contributed by atoms with Gasteiger partial charge in [-0.1, -0.05) is 12.1 Å². The van der Waals surface area contributed by atoms with Crippen LogP contribution in [0.1, 0.15) is 33.3 Å². The monoisotopic (exact) mass is 464 g/mol. The van der Waals surface area contributed by atoms with Crippen molar-refractivity contribution in [2.75, 3.05) is 19.6 Å². The third kappa shape index (κ3) is 11.5. The van der Waals surface area contributed by atoms with Gasteiger partial charge in [-0.3, -0.25) is 0 Å². The van der Waals surface area contributed by atoms with Crippen LogP contribution in [-0.4, -0.2) is 42.4 Å². The van der Waals surface area contributed by atoms with Crippen molar-refractivity contribution in [3.63, 3.8) is 0 Å². The molecule has 0 unspecified atom stereocenters. The van der Waals surface area contributed by atoms with Crippen LogP contribution in [0.3, 0.4) is 0 Å². The lowest BCUT2D eigenvalue weighted by atomic mass is 10.2. The number of guanidine groups is 1. The van der Waals surface area contributed by atoms with Crippen molar-refractivity contribution >= 4 is 36.0 Å². The largest absolute Gasteiger partial charge is 0.508 e. The predicted molar refractivity (Wildman–Crippen MR) is 111 cm³/mol. The molecule has 0 aliphatic heterocycles. The molecule has 0 saturated heterocycles. The van der Waals surface area contributed by atoms with Crippen LogP contribution in [0, 0.1) is 0 Å². The van der Waals surface area contributed by atoms with Gasteiger partial charge in [0, 0.05) is 19.6 Å². The molecule has 1 amide bonds. The quantitative estimate of drug-likeness (QED) is 0.225. The molecule has 0 saturated carbocycles. The van der Waals surface area contributed by atoms with Gasteiger partial charge >= 0.3 is 6.09 Å². The van der Waals surface area contributed by atoms with Gasteiger partial charge in [0.15, 0.2) is 5.96 Å².